The molecule has 2 aromatic rings. The molecule has 2 aliphatic rings. The van der Waals surface area contributed by atoms with E-state index in [2.05, 4.69) is 15.9 Å². The molecule has 2 aromatic carbocycles. The van der Waals surface area contributed by atoms with Gasteiger partial charge in [0.2, 0.25) is 6.79 Å². The van der Waals surface area contributed by atoms with E-state index >= 15 is 0 Å². The third-order valence-electron chi connectivity index (χ3n) is 4.98. The van der Waals surface area contributed by atoms with Crippen LogP contribution in [-0.4, -0.2) is 23.6 Å². The van der Waals surface area contributed by atoms with Crippen LogP contribution in [0.25, 0.3) is 0 Å². The van der Waals surface area contributed by atoms with Gasteiger partial charge in [-0.15, -0.1) is 0 Å². The van der Waals surface area contributed by atoms with E-state index in [1.165, 1.54) is 6.07 Å². The Bertz CT molecular complexity index is 836. The van der Waals surface area contributed by atoms with E-state index in [1.54, 1.807) is 17.0 Å². The van der Waals surface area contributed by atoms with Gasteiger partial charge in [0.1, 0.15) is 5.82 Å². The molecule has 0 aromatic heterocycles. The Kier molecular flexibility index (Phi) is 4.85. The predicted molar refractivity (Wildman–Crippen MR) is 98.8 cm³/mol. The number of halogens is 2. The van der Waals surface area contributed by atoms with Gasteiger partial charge in [0.25, 0.3) is 5.91 Å². The maximum absolute atomic E-state index is 14.4. The summed E-state index contributed by atoms with van der Waals surface area (Å²) in [5.41, 5.74) is 1.06. The summed E-state index contributed by atoms with van der Waals surface area (Å²) < 4.78 is 25.8. The van der Waals surface area contributed by atoms with Gasteiger partial charge in [0, 0.05) is 17.1 Å². The van der Waals surface area contributed by atoms with Crippen molar-refractivity contribution >= 4 is 21.8 Å². The van der Waals surface area contributed by atoms with Gasteiger partial charge in [-0.1, -0.05) is 34.8 Å². The lowest BCUT2D eigenvalue weighted by Gasteiger charge is -2.29. The monoisotopic (exact) mass is 419 g/mol. The molecule has 0 atom stereocenters. The first kappa shape index (κ1) is 17.3. The molecule has 0 radical (unpaired) electrons. The number of amides is 1. The minimum atomic E-state index is -0.502. The number of fused-ring (bicyclic) bond motifs is 1. The van der Waals surface area contributed by atoms with Gasteiger partial charge in [-0.05, 0) is 48.7 Å². The molecule has 0 bridgehead atoms. The standard InChI is InChI=1S/C20H19BrFNO3/c21-14-6-7-16(17(22)10-14)20(24)23(15-3-1-2-4-15)11-13-5-8-18-19(9-13)26-12-25-18/h5-10,15H,1-4,11-12H2. The minimum Gasteiger partial charge on any atom is -0.454 e. The summed E-state index contributed by atoms with van der Waals surface area (Å²) in [6.45, 7) is 0.643. The lowest BCUT2D eigenvalue weighted by molar-refractivity contribution is 0.0659. The number of carbonyl (C=O) groups excluding carboxylic acids is 1. The van der Waals surface area contributed by atoms with E-state index in [4.69, 9.17) is 9.47 Å². The number of carbonyl (C=O) groups is 1. The molecular weight excluding hydrogens is 401 g/mol. The van der Waals surface area contributed by atoms with Crippen LogP contribution in [0.2, 0.25) is 0 Å². The molecule has 4 nitrogen and oxygen atoms in total. The molecule has 1 heterocycles. The zero-order valence-corrected chi connectivity index (χ0v) is 15.8. The third-order valence-corrected chi connectivity index (χ3v) is 5.47. The van der Waals surface area contributed by atoms with Crippen LogP contribution in [0.5, 0.6) is 11.5 Å². The number of hydrogen-bond acceptors (Lipinski definition) is 3. The summed E-state index contributed by atoms with van der Waals surface area (Å²) in [4.78, 5) is 14.9. The lowest BCUT2D eigenvalue weighted by Crippen LogP contribution is -2.38. The van der Waals surface area contributed by atoms with Crippen LogP contribution >= 0.6 is 15.9 Å². The number of ether oxygens (including phenoxy) is 2. The topological polar surface area (TPSA) is 38.8 Å². The first-order valence-corrected chi connectivity index (χ1v) is 9.55. The summed E-state index contributed by atoms with van der Waals surface area (Å²) in [6, 6.07) is 10.4. The largest absolute Gasteiger partial charge is 0.454 e. The van der Waals surface area contributed by atoms with Gasteiger partial charge in [-0.25, -0.2) is 4.39 Å². The molecular formula is C20H19BrFNO3. The molecule has 26 heavy (non-hydrogen) atoms. The van der Waals surface area contributed by atoms with E-state index in [0.717, 1.165) is 31.2 Å². The molecule has 4 rings (SSSR count). The van der Waals surface area contributed by atoms with E-state index < -0.39 is 5.82 Å². The summed E-state index contributed by atoms with van der Waals surface area (Å²) >= 11 is 3.24. The number of rotatable bonds is 4. The Morgan fingerprint density at radius 2 is 1.88 bits per heavy atom. The first-order chi connectivity index (χ1) is 12.6. The van der Waals surface area contributed by atoms with E-state index in [-0.39, 0.29) is 24.3 Å². The molecule has 0 saturated heterocycles. The summed E-state index contributed by atoms with van der Waals surface area (Å²) in [5.74, 6) is 0.639. The Morgan fingerprint density at radius 1 is 1.12 bits per heavy atom. The normalized spacial score (nSPS) is 16.1. The zero-order chi connectivity index (χ0) is 18.1. The summed E-state index contributed by atoms with van der Waals surface area (Å²) in [5, 5.41) is 0. The Labute approximate surface area is 160 Å². The van der Waals surface area contributed by atoms with Crippen LogP contribution in [0.15, 0.2) is 40.9 Å². The highest BCUT2D eigenvalue weighted by Crippen LogP contribution is 2.34. The summed E-state index contributed by atoms with van der Waals surface area (Å²) in [7, 11) is 0. The van der Waals surface area contributed by atoms with Crippen molar-refractivity contribution in [2.24, 2.45) is 0 Å². The van der Waals surface area contributed by atoms with Gasteiger partial charge >= 0.3 is 0 Å². The maximum atomic E-state index is 14.4. The van der Waals surface area contributed by atoms with Gasteiger partial charge in [0.05, 0.1) is 5.56 Å². The maximum Gasteiger partial charge on any atom is 0.257 e. The summed E-state index contributed by atoms with van der Waals surface area (Å²) in [6.07, 6.45) is 4.10. The molecule has 1 aliphatic heterocycles. The highest BCUT2D eigenvalue weighted by Gasteiger charge is 2.29. The molecule has 1 aliphatic carbocycles. The third kappa shape index (κ3) is 3.43. The second-order valence-electron chi connectivity index (χ2n) is 6.68. The SMILES string of the molecule is O=C(c1ccc(Br)cc1F)N(Cc1ccc2c(c1)OCO2)C1CCCC1. The molecule has 0 spiro atoms. The van der Waals surface area contributed by atoms with Gasteiger partial charge in [0.15, 0.2) is 11.5 Å². The van der Waals surface area contributed by atoms with E-state index in [1.807, 2.05) is 18.2 Å². The van der Waals surface area contributed by atoms with Crippen molar-refractivity contribution in [3.05, 3.63) is 57.8 Å². The van der Waals surface area contributed by atoms with Gasteiger partial charge in [-0.3, -0.25) is 4.79 Å². The molecule has 6 heteroatoms. The van der Waals surface area contributed by atoms with Crippen molar-refractivity contribution in [1.82, 2.24) is 4.90 Å². The Hall–Kier alpha value is -2.08. The predicted octanol–water partition coefficient (Wildman–Crippen LogP) is 4.90. The number of benzene rings is 2. The van der Waals surface area contributed by atoms with Crippen LogP contribution in [0.4, 0.5) is 4.39 Å². The second-order valence-corrected chi connectivity index (χ2v) is 7.60. The highest BCUT2D eigenvalue weighted by atomic mass is 79.9. The van der Waals surface area contributed by atoms with Crippen molar-refractivity contribution < 1.29 is 18.7 Å². The smallest absolute Gasteiger partial charge is 0.257 e. The number of hydrogen-bond donors (Lipinski definition) is 0. The van der Waals surface area contributed by atoms with Crippen LogP contribution < -0.4 is 9.47 Å². The van der Waals surface area contributed by atoms with Crippen LogP contribution in [-0.2, 0) is 6.54 Å². The first-order valence-electron chi connectivity index (χ1n) is 8.76. The van der Waals surface area contributed by atoms with Crippen molar-refractivity contribution in [2.75, 3.05) is 6.79 Å². The Morgan fingerprint density at radius 3 is 2.65 bits per heavy atom. The molecule has 0 N–H and O–H groups in total. The Balaban J connectivity index is 1.62. The molecule has 1 saturated carbocycles. The minimum absolute atomic E-state index is 0.112. The molecule has 136 valence electrons. The zero-order valence-electron chi connectivity index (χ0n) is 14.2. The highest BCUT2D eigenvalue weighted by molar-refractivity contribution is 9.10. The fourth-order valence-electron chi connectivity index (χ4n) is 3.64. The van der Waals surface area contributed by atoms with Crippen molar-refractivity contribution in [1.29, 1.82) is 0 Å². The van der Waals surface area contributed by atoms with Gasteiger partial charge in [-0.2, -0.15) is 0 Å². The fourth-order valence-corrected chi connectivity index (χ4v) is 3.97. The van der Waals surface area contributed by atoms with E-state index in [9.17, 15) is 9.18 Å². The van der Waals surface area contributed by atoms with Crippen LogP contribution in [0, 0.1) is 5.82 Å². The average Bonchev–Trinajstić information content (AvgIpc) is 3.30. The number of nitrogens with zero attached hydrogens (tertiary/aromatic N) is 1. The molecule has 1 amide bonds. The molecule has 1 fully saturated rings. The lowest BCUT2D eigenvalue weighted by atomic mass is 10.1. The van der Waals surface area contributed by atoms with E-state index in [0.29, 0.717) is 22.5 Å². The van der Waals surface area contributed by atoms with Crippen molar-refractivity contribution in [3.8, 4) is 11.5 Å². The van der Waals surface area contributed by atoms with Crippen molar-refractivity contribution in [2.45, 2.75) is 38.3 Å². The average molecular weight is 420 g/mol. The van der Waals surface area contributed by atoms with Gasteiger partial charge < -0.3 is 14.4 Å². The van der Waals surface area contributed by atoms with Crippen LogP contribution in [0.3, 0.4) is 0 Å². The fraction of sp³-hybridized carbons (Fsp3) is 0.350. The van der Waals surface area contributed by atoms with Crippen LogP contribution in [0.1, 0.15) is 41.6 Å². The molecule has 0 unspecified atom stereocenters. The van der Waals surface area contributed by atoms with Crippen molar-refractivity contribution in [3.63, 3.8) is 0 Å². The quantitative estimate of drug-likeness (QED) is 0.706. The second kappa shape index (κ2) is 7.27.